The number of aromatic nitrogens is 2. The van der Waals surface area contributed by atoms with Gasteiger partial charge in [0.05, 0.1) is 40.4 Å². The molecular formula is C68H66N4. The number of para-hydroxylation sites is 3. The third kappa shape index (κ3) is 7.71. The first-order valence-electron chi connectivity index (χ1n) is 29.4. The van der Waals surface area contributed by atoms with Gasteiger partial charge in [-0.15, -0.1) is 0 Å². The van der Waals surface area contributed by atoms with Crippen LogP contribution in [0.5, 0.6) is 0 Å². The Morgan fingerprint density at radius 3 is 1.89 bits per heavy atom. The van der Waals surface area contributed by atoms with Crippen molar-refractivity contribution in [1.82, 2.24) is 9.55 Å². The minimum absolute atomic E-state index is 0.0114. The number of benzene rings is 8. The molecule has 72 heavy (non-hydrogen) atoms. The molecule has 0 spiro atoms. The first-order chi connectivity index (χ1) is 38.2. The van der Waals surface area contributed by atoms with Crippen LogP contribution < -0.4 is 9.80 Å². The monoisotopic (exact) mass is 948 g/mol. The first kappa shape index (κ1) is 37.1. The summed E-state index contributed by atoms with van der Waals surface area (Å²) >= 11 is 0. The largest absolute Gasteiger partial charge is 0.321 e. The Morgan fingerprint density at radius 1 is 0.500 bits per heavy atom. The van der Waals surface area contributed by atoms with Gasteiger partial charge in [-0.05, 0) is 175 Å². The number of rotatable bonds is 8. The topological polar surface area (TPSA) is 24.3 Å². The van der Waals surface area contributed by atoms with Crippen molar-refractivity contribution in [1.29, 1.82) is 0 Å². The Bertz CT molecular complexity index is 4140. The van der Waals surface area contributed by atoms with E-state index in [2.05, 4.69) is 161 Å². The van der Waals surface area contributed by atoms with Crippen LogP contribution >= 0.6 is 0 Å². The predicted octanol–water partition coefficient (Wildman–Crippen LogP) is 18.2. The van der Waals surface area contributed by atoms with Crippen molar-refractivity contribution >= 4 is 44.6 Å². The van der Waals surface area contributed by atoms with Crippen molar-refractivity contribution < 1.29 is 12.3 Å². The van der Waals surface area contributed by atoms with Crippen molar-refractivity contribution in [2.24, 2.45) is 0 Å². The molecule has 0 atom stereocenters. The number of nitrogens with zero attached hydrogens (tertiary/aromatic N) is 4. The van der Waals surface area contributed by atoms with Crippen LogP contribution in [0.4, 0.5) is 22.7 Å². The third-order valence-electron chi connectivity index (χ3n) is 15.4. The van der Waals surface area contributed by atoms with Gasteiger partial charge < -0.3 is 9.80 Å². The molecule has 10 aromatic rings. The van der Waals surface area contributed by atoms with Crippen molar-refractivity contribution in [3.05, 3.63) is 225 Å². The van der Waals surface area contributed by atoms with Crippen LogP contribution in [0.15, 0.2) is 170 Å². The zero-order valence-corrected chi connectivity index (χ0v) is 43.5. The first-order valence-corrected chi connectivity index (χ1v) is 24.9. The van der Waals surface area contributed by atoms with Crippen LogP contribution in [0.3, 0.4) is 0 Å². The molecule has 11 rings (SSSR count). The minimum Gasteiger partial charge on any atom is -0.321 e. The number of aryl methyl sites for hydroxylation is 3. The average molecular weight is 948 g/mol. The number of fused-ring (bicyclic) bond motifs is 4. The quantitative estimate of drug-likeness (QED) is 0.152. The van der Waals surface area contributed by atoms with E-state index in [9.17, 15) is 4.11 Å². The predicted molar refractivity (Wildman–Crippen MR) is 307 cm³/mol. The molecule has 2 aromatic heterocycles. The lowest BCUT2D eigenvalue weighted by atomic mass is 9.76. The molecule has 3 heterocycles. The maximum Gasteiger partial charge on any atom is 0.137 e. The summed E-state index contributed by atoms with van der Waals surface area (Å²) in [7, 11) is 0. The Kier molecular flexibility index (Phi) is 9.06. The molecule has 0 fully saturated rings. The highest BCUT2D eigenvalue weighted by atomic mass is 15.4. The molecule has 4 heteroatoms. The minimum atomic E-state index is -0.590. The van der Waals surface area contributed by atoms with Gasteiger partial charge in [0.1, 0.15) is 12.5 Å². The lowest BCUT2D eigenvalue weighted by molar-refractivity contribution is 0.588. The molecule has 0 radical (unpaired) electrons. The van der Waals surface area contributed by atoms with Crippen LogP contribution in [-0.4, -0.2) is 16.2 Å². The second-order valence-electron chi connectivity index (χ2n) is 21.4. The zero-order chi connectivity index (χ0) is 58.2. The lowest BCUT2D eigenvalue weighted by Gasteiger charge is -2.32. The van der Waals surface area contributed by atoms with Crippen molar-refractivity contribution in [2.75, 3.05) is 16.5 Å². The van der Waals surface area contributed by atoms with Gasteiger partial charge in [-0.25, -0.2) is 4.98 Å². The molecule has 4 nitrogen and oxygen atoms in total. The average Bonchev–Trinajstić information content (AvgIpc) is 2.81. The summed E-state index contributed by atoms with van der Waals surface area (Å²) < 4.78 is 84.1. The van der Waals surface area contributed by atoms with Gasteiger partial charge in [-0.2, -0.15) is 0 Å². The third-order valence-corrected chi connectivity index (χ3v) is 15.4. The van der Waals surface area contributed by atoms with Crippen molar-refractivity contribution in [2.45, 2.75) is 93.9 Å². The Hall–Kier alpha value is -7.69. The molecule has 8 aromatic carbocycles. The van der Waals surface area contributed by atoms with Gasteiger partial charge in [0.25, 0.3) is 0 Å². The molecule has 0 aliphatic carbocycles. The van der Waals surface area contributed by atoms with Gasteiger partial charge >= 0.3 is 0 Å². The highest BCUT2D eigenvalue weighted by Crippen LogP contribution is 2.54. The van der Waals surface area contributed by atoms with Crippen LogP contribution in [-0.2, 0) is 10.8 Å². The molecule has 0 saturated heterocycles. The molecule has 0 unspecified atom stereocenters. The highest BCUT2D eigenvalue weighted by molar-refractivity contribution is 6.09. The Labute approximate surface area is 439 Å². The van der Waals surface area contributed by atoms with E-state index in [1.807, 2.05) is 45.2 Å². The number of anilines is 4. The van der Waals surface area contributed by atoms with Gasteiger partial charge in [0.15, 0.2) is 0 Å². The summed E-state index contributed by atoms with van der Waals surface area (Å²) in [6, 6.07) is 35.7. The molecular weight excluding hydrogens is 873 g/mol. The highest BCUT2D eigenvalue weighted by Gasteiger charge is 2.35. The van der Waals surface area contributed by atoms with Crippen LogP contribution in [0, 0.1) is 48.5 Å². The fraction of sp³-hybridized carbons (Fsp3) is 0.221. The number of pyridine rings is 1. The van der Waals surface area contributed by atoms with E-state index in [0.29, 0.717) is 27.9 Å². The molecule has 0 N–H and O–H groups in total. The van der Waals surface area contributed by atoms with Crippen LogP contribution in [0.2, 0.25) is 0 Å². The van der Waals surface area contributed by atoms with E-state index in [1.54, 1.807) is 6.92 Å². The molecule has 0 saturated carbocycles. The lowest BCUT2D eigenvalue weighted by Crippen LogP contribution is -2.26. The smallest absolute Gasteiger partial charge is 0.137 e. The zero-order valence-electron chi connectivity index (χ0n) is 52.5. The van der Waals surface area contributed by atoms with Gasteiger partial charge in [0.2, 0.25) is 0 Å². The van der Waals surface area contributed by atoms with Crippen LogP contribution in [0.1, 0.15) is 103 Å². The van der Waals surface area contributed by atoms with E-state index in [0.717, 1.165) is 89.2 Å². The normalized spacial score (nSPS) is 14.6. The van der Waals surface area contributed by atoms with Crippen molar-refractivity contribution in [3.63, 3.8) is 0 Å². The summed E-state index contributed by atoms with van der Waals surface area (Å²) in [5.41, 5.74) is 17.2. The summed E-state index contributed by atoms with van der Waals surface area (Å²) in [4.78, 5) is 9.36. The molecule has 0 bridgehead atoms. The number of hydrogen-bond donors (Lipinski definition) is 0. The number of hydrogen-bond acceptors (Lipinski definition) is 3. The maximum absolute atomic E-state index is 9.56. The molecule has 358 valence electrons. The van der Waals surface area contributed by atoms with E-state index >= 15 is 0 Å². The van der Waals surface area contributed by atoms with Crippen LogP contribution in [0.25, 0.3) is 61.0 Å². The maximum atomic E-state index is 9.56. The summed E-state index contributed by atoms with van der Waals surface area (Å²) in [5.74, 6) is 0.857. The Morgan fingerprint density at radius 2 is 1.15 bits per heavy atom. The molecule has 1 aliphatic rings. The van der Waals surface area contributed by atoms with Gasteiger partial charge in [-0.3, -0.25) is 4.57 Å². The molecule has 1 aliphatic heterocycles. The SMILES string of the molecule is [2H]c1c([2H])c([2H])c(-c2c(C)c(C)c(C)c(-c3c([2H])c([2H])c([2H])c([2H])c3C)c2N2CN(c3cc(-c4c(C)cc(C)cc4C)cc(C(C)(C)c4ccc5c6ccccc6n(-c6cc(C(C)(C)C)ccn6)c5c4)c3)c3ccccc32)c([2H])c1[2H]. The second kappa shape index (κ2) is 17.6. The summed E-state index contributed by atoms with van der Waals surface area (Å²) in [6.45, 7) is 25.3. The van der Waals surface area contributed by atoms with Gasteiger partial charge in [0, 0.05) is 39.2 Å². The second-order valence-corrected chi connectivity index (χ2v) is 21.4. The summed E-state index contributed by atoms with van der Waals surface area (Å²) in [5, 5.41) is 2.28. The van der Waals surface area contributed by atoms with Gasteiger partial charge in [-0.1, -0.05) is 155 Å². The Balaban J connectivity index is 1.17. The fourth-order valence-electron chi connectivity index (χ4n) is 11.3. The van der Waals surface area contributed by atoms with E-state index in [4.69, 9.17) is 13.2 Å². The van der Waals surface area contributed by atoms with E-state index < -0.39 is 29.6 Å². The van der Waals surface area contributed by atoms with E-state index in [-0.39, 0.29) is 53.4 Å². The fourth-order valence-corrected chi connectivity index (χ4v) is 11.3. The standard InChI is InChI=1S/C68H66N4/c1-42-34-44(3)63(45(4)35-42)50-36-53(68(11,12)52-30-31-57-56-26-18-19-27-58(56)72(61(57)39-52)62-40-51(32-33-69-62)67(8,9)10)38-54(37-50)70-41-71(60-29-21-20-28-59(60)70)66-64(49-23-14-13-15-24-49)47(6)46(5)48(7)65(66)55-25-17-16-22-43(55)2/h13-40H,41H2,1-12H3/i13D,14D,15D,16D,17D,22D,23D,24D,25D. The van der Waals surface area contributed by atoms with E-state index in [1.165, 1.54) is 11.1 Å². The molecule has 0 amide bonds. The van der Waals surface area contributed by atoms with Crippen molar-refractivity contribution in [3.8, 4) is 39.2 Å². The summed E-state index contributed by atoms with van der Waals surface area (Å²) in [6.07, 6.45) is 1.91.